The van der Waals surface area contributed by atoms with Gasteiger partial charge in [0.2, 0.25) is 0 Å². The van der Waals surface area contributed by atoms with Gasteiger partial charge in [-0.25, -0.2) is 0 Å². The molecule has 0 saturated carbocycles. The van der Waals surface area contributed by atoms with Crippen molar-refractivity contribution in [2.24, 2.45) is 0 Å². The molecule has 3 aromatic carbocycles. The second-order valence-electron chi connectivity index (χ2n) is 6.31. The van der Waals surface area contributed by atoms with Crippen molar-refractivity contribution >= 4 is 10.9 Å². The molecular weight excluding hydrogens is 306 g/mol. The number of benzene rings is 3. The fourth-order valence-corrected chi connectivity index (χ4v) is 3.53. The monoisotopic (exact) mass is 327 g/mol. The number of hydrogen-bond donors (Lipinski definition) is 1. The van der Waals surface area contributed by atoms with Gasteiger partial charge in [0.05, 0.1) is 5.52 Å². The second-order valence-corrected chi connectivity index (χ2v) is 6.31. The number of rotatable bonds is 4. The van der Waals surface area contributed by atoms with Gasteiger partial charge in [0, 0.05) is 17.6 Å². The molecule has 0 aliphatic carbocycles. The van der Waals surface area contributed by atoms with E-state index >= 15 is 0 Å². The van der Waals surface area contributed by atoms with Crippen LogP contribution in [0.4, 0.5) is 0 Å². The molecule has 0 aliphatic heterocycles. The SMILES string of the molecule is CCc1cc2c(O)cccc2n1Cc1ccccc1-c1ccccc1. The molecule has 1 aromatic heterocycles. The summed E-state index contributed by atoms with van der Waals surface area (Å²) in [5, 5.41) is 11.1. The molecule has 1 N–H and O–H groups in total. The van der Waals surface area contributed by atoms with Crippen molar-refractivity contribution in [2.45, 2.75) is 19.9 Å². The first-order chi connectivity index (χ1) is 12.3. The molecule has 0 unspecified atom stereocenters. The van der Waals surface area contributed by atoms with Crippen LogP contribution in [0.5, 0.6) is 5.75 Å². The highest BCUT2D eigenvalue weighted by Gasteiger charge is 2.12. The van der Waals surface area contributed by atoms with Crippen molar-refractivity contribution in [1.29, 1.82) is 0 Å². The fourth-order valence-electron chi connectivity index (χ4n) is 3.53. The third-order valence-electron chi connectivity index (χ3n) is 4.80. The third-order valence-corrected chi connectivity index (χ3v) is 4.80. The molecule has 0 bridgehead atoms. The largest absolute Gasteiger partial charge is 0.507 e. The molecular formula is C23H21NO. The lowest BCUT2D eigenvalue weighted by Crippen LogP contribution is -2.04. The topological polar surface area (TPSA) is 25.2 Å². The van der Waals surface area contributed by atoms with Gasteiger partial charge in [0.25, 0.3) is 0 Å². The molecule has 0 fully saturated rings. The standard InChI is InChI=1S/C23H21NO/c1-2-19-15-21-22(13-8-14-23(21)25)24(19)16-18-11-6-7-12-20(18)17-9-4-3-5-10-17/h3-15,25H,2,16H2,1H3. The van der Waals surface area contributed by atoms with Crippen LogP contribution < -0.4 is 0 Å². The van der Waals surface area contributed by atoms with Crippen LogP contribution in [0.1, 0.15) is 18.2 Å². The van der Waals surface area contributed by atoms with Crippen LogP contribution in [-0.4, -0.2) is 9.67 Å². The molecule has 2 nitrogen and oxygen atoms in total. The Bertz CT molecular complexity index is 1010. The molecule has 25 heavy (non-hydrogen) atoms. The number of phenols is 1. The molecule has 2 heteroatoms. The van der Waals surface area contributed by atoms with E-state index in [0.29, 0.717) is 5.75 Å². The maximum atomic E-state index is 10.2. The highest BCUT2D eigenvalue weighted by Crippen LogP contribution is 2.31. The minimum Gasteiger partial charge on any atom is -0.507 e. The van der Waals surface area contributed by atoms with Crippen molar-refractivity contribution in [2.75, 3.05) is 0 Å². The minimum atomic E-state index is 0.349. The molecule has 0 atom stereocenters. The van der Waals surface area contributed by atoms with E-state index in [9.17, 15) is 5.11 Å². The summed E-state index contributed by atoms with van der Waals surface area (Å²) < 4.78 is 2.32. The Morgan fingerprint density at radius 2 is 1.60 bits per heavy atom. The van der Waals surface area contributed by atoms with E-state index in [4.69, 9.17) is 0 Å². The van der Waals surface area contributed by atoms with E-state index in [2.05, 4.69) is 72.2 Å². The Kier molecular flexibility index (Phi) is 4.02. The average molecular weight is 327 g/mol. The molecule has 1 heterocycles. The fraction of sp³-hybridized carbons (Fsp3) is 0.130. The summed E-state index contributed by atoms with van der Waals surface area (Å²) in [4.78, 5) is 0. The Hall–Kier alpha value is -3.00. The molecule has 0 spiro atoms. The van der Waals surface area contributed by atoms with Crippen LogP contribution in [0.25, 0.3) is 22.0 Å². The van der Waals surface area contributed by atoms with Crippen molar-refractivity contribution in [3.63, 3.8) is 0 Å². The number of hydrogen-bond acceptors (Lipinski definition) is 1. The maximum absolute atomic E-state index is 10.2. The van der Waals surface area contributed by atoms with Gasteiger partial charge in [-0.15, -0.1) is 0 Å². The van der Waals surface area contributed by atoms with Crippen molar-refractivity contribution in [1.82, 2.24) is 4.57 Å². The van der Waals surface area contributed by atoms with Gasteiger partial charge in [-0.3, -0.25) is 0 Å². The number of aryl methyl sites for hydroxylation is 1. The van der Waals surface area contributed by atoms with Gasteiger partial charge in [0.15, 0.2) is 0 Å². The zero-order chi connectivity index (χ0) is 17.2. The number of nitrogens with zero attached hydrogens (tertiary/aromatic N) is 1. The number of phenolic OH excluding ortho intramolecular Hbond substituents is 1. The number of aromatic hydroxyl groups is 1. The number of aromatic nitrogens is 1. The van der Waals surface area contributed by atoms with Crippen LogP contribution in [0.3, 0.4) is 0 Å². The highest BCUT2D eigenvalue weighted by molar-refractivity contribution is 5.87. The predicted octanol–water partition coefficient (Wildman–Crippen LogP) is 5.62. The van der Waals surface area contributed by atoms with E-state index in [1.54, 1.807) is 6.07 Å². The van der Waals surface area contributed by atoms with Crippen molar-refractivity contribution < 1.29 is 5.11 Å². The van der Waals surface area contributed by atoms with Crippen molar-refractivity contribution in [3.8, 4) is 16.9 Å². The molecule has 0 aliphatic rings. The molecule has 0 radical (unpaired) electrons. The molecule has 4 aromatic rings. The van der Waals surface area contributed by atoms with Gasteiger partial charge >= 0.3 is 0 Å². The smallest absolute Gasteiger partial charge is 0.124 e. The van der Waals surface area contributed by atoms with Gasteiger partial charge in [-0.1, -0.05) is 67.6 Å². The van der Waals surface area contributed by atoms with Crippen LogP contribution in [0.2, 0.25) is 0 Å². The summed E-state index contributed by atoms with van der Waals surface area (Å²) in [5.74, 6) is 0.349. The lowest BCUT2D eigenvalue weighted by atomic mass is 9.99. The van der Waals surface area contributed by atoms with E-state index in [1.807, 2.05) is 12.1 Å². The van der Waals surface area contributed by atoms with Gasteiger partial charge in [-0.05, 0) is 41.3 Å². The van der Waals surface area contributed by atoms with E-state index in [-0.39, 0.29) is 0 Å². The average Bonchev–Trinajstić information content (AvgIpc) is 3.02. The van der Waals surface area contributed by atoms with Crippen LogP contribution in [-0.2, 0) is 13.0 Å². The maximum Gasteiger partial charge on any atom is 0.124 e. The molecule has 0 saturated heterocycles. The first-order valence-electron chi connectivity index (χ1n) is 8.71. The highest BCUT2D eigenvalue weighted by atomic mass is 16.3. The van der Waals surface area contributed by atoms with E-state index < -0.39 is 0 Å². The summed E-state index contributed by atoms with van der Waals surface area (Å²) in [6.45, 7) is 2.95. The Labute approximate surface area is 148 Å². The first kappa shape index (κ1) is 15.5. The molecule has 124 valence electrons. The Morgan fingerprint density at radius 1 is 0.840 bits per heavy atom. The van der Waals surface area contributed by atoms with E-state index in [1.165, 1.54) is 22.4 Å². The summed E-state index contributed by atoms with van der Waals surface area (Å²) in [6.07, 6.45) is 0.932. The third kappa shape index (κ3) is 2.80. The zero-order valence-corrected chi connectivity index (χ0v) is 14.3. The molecule has 0 amide bonds. The Balaban J connectivity index is 1.85. The van der Waals surface area contributed by atoms with Gasteiger partial charge < -0.3 is 9.67 Å². The lowest BCUT2D eigenvalue weighted by molar-refractivity contribution is 0.481. The summed E-state index contributed by atoms with van der Waals surface area (Å²) in [5.41, 5.74) is 6.09. The van der Waals surface area contributed by atoms with Crippen molar-refractivity contribution in [3.05, 3.63) is 90.1 Å². The lowest BCUT2D eigenvalue weighted by Gasteiger charge is -2.14. The first-order valence-corrected chi connectivity index (χ1v) is 8.71. The second kappa shape index (κ2) is 6.48. The summed E-state index contributed by atoms with van der Waals surface area (Å²) in [7, 11) is 0. The Morgan fingerprint density at radius 3 is 2.40 bits per heavy atom. The normalized spacial score (nSPS) is 11.1. The van der Waals surface area contributed by atoms with E-state index in [0.717, 1.165) is 23.9 Å². The van der Waals surface area contributed by atoms with Crippen LogP contribution in [0, 0.1) is 0 Å². The van der Waals surface area contributed by atoms with Gasteiger partial charge in [-0.2, -0.15) is 0 Å². The predicted molar refractivity (Wildman–Crippen MR) is 104 cm³/mol. The zero-order valence-electron chi connectivity index (χ0n) is 14.3. The quantitative estimate of drug-likeness (QED) is 0.517. The molecule has 4 rings (SSSR count). The number of fused-ring (bicyclic) bond motifs is 1. The summed E-state index contributed by atoms with van der Waals surface area (Å²) in [6, 6.07) is 26.9. The summed E-state index contributed by atoms with van der Waals surface area (Å²) >= 11 is 0. The van der Waals surface area contributed by atoms with Crippen LogP contribution >= 0.6 is 0 Å². The van der Waals surface area contributed by atoms with Crippen LogP contribution in [0.15, 0.2) is 78.9 Å². The van der Waals surface area contributed by atoms with Gasteiger partial charge in [0.1, 0.15) is 5.75 Å². The minimum absolute atomic E-state index is 0.349.